The second-order valence-electron chi connectivity index (χ2n) is 4.79. The van der Waals surface area contributed by atoms with Crippen molar-refractivity contribution >= 4 is 15.9 Å². The molecule has 2 rings (SSSR count). The van der Waals surface area contributed by atoms with E-state index in [2.05, 4.69) is 4.98 Å². The number of rotatable bonds is 3. The van der Waals surface area contributed by atoms with Gasteiger partial charge < -0.3 is 5.73 Å². The number of pyridine rings is 1. The molecule has 1 amide bonds. The van der Waals surface area contributed by atoms with Crippen LogP contribution in [0.15, 0.2) is 29.4 Å². The van der Waals surface area contributed by atoms with Gasteiger partial charge in [-0.25, -0.2) is 8.42 Å². The third kappa shape index (κ3) is 2.76. The number of aromatic nitrogens is 1. The number of carbonyl (C=O) groups excluding carboxylic acids is 1. The van der Waals surface area contributed by atoms with Crippen LogP contribution >= 0.6 is 0 Å². The minimum Gasteiger partial charge on any atom is -0.369 e. The molecule has 2 N–H and O–H groups in total. The SMILES string of the molecule is CC1CCC(C(N)=O)CN1S(=O)(=O)c1cccnc1. The fourth-order valence-electron chi connectivity index (χ4n) is 2.28. The molecular weight excluding hydrogens is 266 g/mol. The fraction of sp³-hybridized carbons (Fsp3) is 0.500. The molecule has 19 heavy (non-hydrogen) atoms. The summed E-state index contributed by atoms with van der Waals surface area (Å²) in [6, 6.07) is 2.94. The highest BCUT2D eigenvalue weighted by Gasteiger charge is 2.36. The van der Waals surface area contributed by atoms with E-state index in [0.717, 1.165) is 0 Å². The lowest BCUT2D eigenvalue weighted by atomic mass is 9.95. The van der Waals surface area contributed by atoms with Crippen molar-refractivity contribution in [2.45, 2.75) is 30.7 Å². The summed E-state index contributed by atoms with van der Waals surface area (Å²) in [4.78, 5) is 15.2. The first-order chi connectivity index (χ1) is 8.93. The number of primary amides is 1. The Balaban J connectivity index is 2.31. The normalized spacial score (nSPS) is 25.1. The summed E-state index contributed by atoms with van der Waals surface area (Å²) < 4.78 is 26.3. The van der Waals surface area contributed by atoms with Crippen LogP contribution in [0.4, 0.5) is 0 Å². The monoisotopic (exact) mass is 283 g/mol. The maximum atomic E-state index is 12.5. The molecule has 0 aromatic carbocycles. The van der Waals surface area contributed by atoms with E-state index in [-0.39, 0.29) is 17.5 Å². The molecule has 7 heteroatoms. The summed E-state index contributed by atoms with van der Waals surface area (Å²) in [5, 5.41) is 0. The Morgan fingerprint density at radius 1 is 1.47 bits per heavy atom. The molecule has 0 aliphatic carbocycles. The maximum absolute atomic E-state index is 12.5. The zero-order valence-electron chi connectivity index (χ0n) is 10.7. The molecule has 0 bridgehead atoms. The molecule has 104 valence electrons. The molecule has 1 aliphatic heterocycles. The van der Waals surface area contributed by atoms with E-state index < -0.39 is 21.8 Å². The first-order valence-electron chi connectivity index (χ1n) is 6.14. The summed E-state index contributed by atoms with van der Waals surface area (Å²) in [5.41, 5.74) is 5.28. The molecule has 0 saturated carbocycles. The molecular formula is C12H17N3O3S. The number of nitrogens with two attached hydrogens (primary N) is 1. The number of piperidine rings is 1. The molecule has 2 heterocycles. The molecule has 1 aliphatic rings. The summed E-state index contributed by atoms with van der Waals surface area (Å²) in [6.45, 7) is 1.98. The molecule has 1 aromatic heterocycles. The van der Waals surface area contributed by atoms with Gasteiger partial charge in [0.05, 0.1) is 5.92 Å². The number of carbonyl (C=O) groups is 1. The summed E-state index contributed by atoms with van der Waals surface area (Å²) in [7, 11) is -3.61. The van der Waals surface area contributed by atoms with Gasteiger partial charge in [-0.15, -0.1) is 0 Å². The number of hydrogen-bond donors (Lipinski definition) is 1. The van der Waals surface area contributed by atoms with Crippen molar-refractivity contribution < 1.29 is 13.2 Å². The number of sulfonamides is 1. The average molecular weight is 283 g/mol. The highest BCUT2D eigenvalue weighted by Crippen LogP contribution is 2.27. The first kappa shape index (κ1) is 14.0. The largest absolute Gasteiger partial charge is 0.369 e. The van der Waals surface area contributed by atoms with Crippen molar-refractivity contribution in [3.63, 3.8) is 0 Å². The summed E-state index contributed by atoms with van der Waals surface area (Å²) in [6.07, 6.45) is 4.10. The quantitative estimate of drug-likeness (QED) is 0.866. The lowest BCUT2D eigenvalue weighted by Crippen LogP contribution is -2.48. The third-order valence-electron chi connectivity index (χ3n) is 3.47. The number of hydrogen-bond acceptors (Lipinski definition) is 4. The highest BCUT2D eigenvalue weighted by atomic mass is 32.2. The second-order valence-corrected chi connectivity index (χ2v) is 6.68. The Labute approximate surface area is 112 Å². The first-order valence-corrected chi connectivity index (χ1v) is 7.58. The Morgan fingerprint density at radius 2 is 2.21 bits per heavy atom. The van der Waals surface area contributed by atoms with Gasteiger partial charge in [-0.2, -0.15) is 4.31 Å². The van der Waals surface area contributed by atoms with Crippen LogP contribution in [0.1, 0.15) is 19.8 Å². The van der Waals surface area contributed by atoms with Crippen LogP contribution in [0.3, 0.4) is 0 Å². The van der Waals surface area contributed by atoms with Crippen molar-refractivity contribution in [1.29, 1.82) is 0 Å². The van der Waals surface area contributed by atoms with E-state index in [1.54, 1.807) is 6.07 Å². The summed E-state index contributed by atoms with van der Waals surface area (Å²) in [5.74, 6) is -0.860. The van der Waals surface area contributed by atoms with Crippen LogP contribution in [0, 0.1) is 5.92 Å². The van der Waals surface area contributed by atoms with Crippen LogP contribution in [-0.2, 0) is 14.8 Å². The van der Waals surface area contributed by atoms with Crippen LogP contribution in [0.25, 0.3) is 0 Å². The van der Waals surface area contributed by atoms with Crippen molar-refractivity contribution in [3.8, 4) is 0 Å². The van der Waals surface area contributed by atoms with Crippen LogP contribution in [0.5, 0.6) is 0 Å². The zero-order valence-corrected chi connectivity index (χ0v) is 11.5. The molecule has 1 aromatic rings. The Morgan fingerprint density at radius 3 is 2.79 bits per heavy atom. The van der Waals surface area contributed by atoms with Gasteiger partial charge in [0.15, 0.2) is 0 Å². The van der Waals surface area contributed by atoms with E-state index in [0.29, 0.717) is 12.8 Å². The molecule has 0 radical (unpaired) electrons. The van der Waals surface area contributed by atoms with Crippen LogP contribution < -0.4 is 5.73 Å². The minimum absolute atomic E-state index is 0.138. The van der Waals surface area contributed by atoms with E-state index in [9.17, 15) is 13.2 Å². The van der Waals surface area contributed by atoms with Gasteiger partial charge in [0.25, 0.3) is 0 Å². The predicted octanol–water partition coefficient (Wildman–Crippen LogP) is 0.356. The Bertz CT molecular complexity index is 559. The van der Waals surface area contributed by atoms with Crippen LogP contribution in [-0.4, -0.2) is 36.2 Å². The van der Waals surface area contributed by atoms with E-state index in [1.807, 2.05) is 6.92 Å². The van der Waals surface area contributed by atoms with Crippen LogP contribution in [0.2, 0.25) is 0 Å². The molecule has 2 atom stereocenters. The molecule has 1 fully saturated rings. The van der Waals surface area contributed by atoms with Gasteiger partial charge in [0.1, 0.15) is 4.90 Å². The van der Waals surface area contributed by atoms with Crippen molar-refractivity contribution in [2.75, 3.05) is 6.54 Å². The topological polar surface area (TPSA) is 93.4 Å². The van der Waals surface area contributed by atoms with Crippen molar-refractivity contribution in [2.24, 2.45) is 11.7 Å². The van der Waals surface area contributed by atoms with Gasteiger partial charge in [-0.1, -0.05) is 0 Å². The minimum atomic E-state index is -3.61. The number of amides is 1. The van der Waals surface area contributed by atoms with E-state index in [4.69, 9.17) is 5.73 Å². The summed E-state index contributed by atoms with van der Waals surface area (Å²) >= 11 is 0. The Hall–Kier alpha value is -1.47. The van der Waals surface area contributed by atoms with Gasteiger partial charge in [0.2, 0.25) is 15.9 Å². The molecule has 0 spiro atoms. The van der Waals surface area contributed by atoms with Crippen molar-refractivity contribution in [1.82, 2.24) is 9.29 Å². The zero-order chi connectivity index (χ0) is 14.0. The van der Waals surface area contributed by atoms with Gasteiger partial charge in [-0.05, 0) is 31.9 Å². The smallest absolute Gasteiger partial charge is 0.244 e. The molecule has 6 nitrogen and oxygen atoms in total. The van der Waals surface area contributed by atoms with E-state index in [1.165, 1.54) is 22.8 Å². The maximum Gasteiger partial charge on any atom is 0.244 e. The van der Waals surface area contributed by atoms with E-state index >= 15 is 0 Å². The fourth-order valence-corrected chi connectivity index (χ4v) is 3.95. The van der Waals surface area contributed by atoms with Crippen molar-refractivity contribution in [3.05, 3.63) is 24.5 Å². The van der Waals surface area contributed by atoms with Gasteiger partial charge >= 0.3 is 0 Å². The number of nitrogens with zero attached hydrogens (tertiary/aromatic N) is 2. The Kier molecular flexibility index (Phi) is 3.86. The lowest BCUT2D eigenvalue weighted by molar-refractivity contribution is -0.123. The third-order valence-corrected chi connectivity index (χ3v) is 5.43. The second kappa shape index (κ2) is 5.26. The van der Waals surface area contributed by atoms with Gasteiger partial charge in [-0.3, -0.25) is 9.78 Å². The lowest BCUT2D eigenvalue weighted by Gasteiger charge is -2.35. The van der Waals surface area contributed by atoms with Gasteiger partial charge in [0, 0.05) is 25.0 Å². The molecule has 2 unspecified atom stereocenters. The highest BCUT2D eigenvalue weighted by molar-refractivity contribution is 7.89. The molecule has 1 saturated heterocycles. The predicted molar refractivity (Wildman–Crippen MR) is 69.5 cm³/mol. The standard InChI is InChI=1S/C12H17N3O3S/c1-9-4-5-10(12(13)16)8-15(9)19(17,18)11-3-2-6-14-7-11/h2-3,6-7,9-10H,4-5,8H2,1H3,(H2,13,16). The average Bonchev–Trinajstić information content (AvgIpc) is 2.39.